The van der Waals surface area contributed by atoms with Gasteiger partial charge < -0.3 is 4.81 Å². The molecule has 2 amide bonds. The van der Waals surface area contributed by atoms with Crippen molar-refractivity contribution in [3.63, 3.8) is 0 Å². The summed E-state index contributed by atoms with van der Waals surface area (Å²) in [5, 5.41) is 0. The highest BCUT2D eigenvalue weighted by Gasteiger charge is 2.19. The fraction of sp³-hybridized carbons (Fsp3) is 0.529. The van der Waals surface area contributed by atoms with Crippen molar-refractivity contribution in [1.29, 1.82) is 0 Å². The van der Waals surface area contributed by atoms with E-state index in [1.807, 2.05) is 15.7 Å². The molecule has 0 bridgehead atoms. The number of hydrazine groups is 1. The van der Waals surface area contributed by atoms with E-state index in [-0.39, 0.29) is 6.41 Å². The van der Waals surface area contributed by atoms with Crippen LogP contribution in [-0.2, 0) is 11.2 Å². The van der Waals surface area contributed by atoms with Crippen LogP contribution in [0.5, 0.6) is 0 Å². The summed E-state index contributed by atoms with van der Waals surface area (Å²) < 4.78 is 28.0. The van der Waals surface area contributed by atoms with Crippen molar-refractivity contribution in [3.8, 4) is 0 Å². The van der Waals surface area contributed by atoms with Crippen LogP contribution in [0.2, 0.25) is 0 Å². The van der Waals surface area contributed by atoms with Gasteiger partial charge in [0.05, 0.1) is 0 Å². The van der Waals surface area contributed by atoms with Gasteiger partial charge in [-0.2, -0.15) is 0 Å². The van der Waals surface area contributed by atoms with Gasteiger partial charge in [0.2, 0.25) is 6.41 Å². The van der Waals surface area contributed by atoms with E-state index < -0.39 is 23.1 Å². The van der Waals surface area contributed by atoms with Gasteiger partial charge in [0.1, 0.15) is 17.2 Å². The molecule has 0 atom stereocenters. The zero-order chi connectivity index (χ0) is 18.2. The van der Waals surface area contributed by atoms with Crippen molar-refractivity contribution >= 4 is 20.3 Å². The van der Waals surface area contributed by atoms with Crippen LogP contribution in [0.25, 0.3) is 0 Å². The number of aryl methyl sites for hydroxylation is 1. The van der Waals surface area contributed by atoms with Crippen LogP contribution in [0.15, 0.2) is 12.1 Å². The number of hydrogen-bond donors (Lipinski definition) is 2. The molecule has 1 aromatic carbocycles. The Balaban J connectivity index is 1.82. The maximum absolute atomic E-state index is 14.0. The summed E-state index contributed by atoms with van der Waals surface area (Å²) in [5.41, 5.74) is 3.58. The molecule has 0 unspecified atom stereocenters. The predicted octanol–water partition coefficient (Wildman–Crippen LogP) is 1.86. The lowest BCUT2D eigenvalue weighted by Crippen LogP contribution is -2.37. The largest absolute Gasteiger partial charge is 0.353 e. The molecule has 1 heterocycles. The van der Waals surface area contributed by atoms with Gasteiger partial charge >= 0.3 is 0 Å². The lowest BCUT2D eigenvalue weighted by atomic mass is 9.90. The smallest absolute Gasteiger partial charge is 0.275 e. The lowest BCUT2D eigenvalue weighted by molar-refractivity contribution is -0.110. The van der Waals surface area contributed by atoms with Crippen molar-refractivity contribution in [2.75, 3.05) is 13.1 Å². The number of amides is 2. The highest BCUT2D eigenvalue weighted by Crippen LogP contribution is 2.23. The van der Waals surface area contributed by atoms with Gasteiger partial charge in [0.25, 0.3) is 5.91 Å². The summed E-state index contributed by atoms with van der Waals surface area (Å²) >= 11 is 0. The number of hydrogen-bond acceptors (Lipinski definition) is 3. The summed E-state index contributed by atoms with van der Waals surface area (Å²) in [7, 11) is 5.73. The Morgan fingerprint density at radius 1 is 1.24 bits per heavy atom. The second kappa shape index (κ2) is 9.51. The molecule has 8 heteroatoms. The van der Waals surface area contributed by atoms with Gasteiger partial charge in [0.15, 0.2) is 7.98 Å². The molecule has 1 aromatic rings. The third-order valence-electron chi connectivity index (χ3n) is 4.55. The van der Waals surface area contributed by atoms with Crippen LogP contribution in [0, 0.1) is 17.6 Å². The number of halogens is 2. The molecule has 2 rings (SSSR count). The molecular formula is C17H22BF2N3O2. The number of nitrogens with zero attached hydrogens (tertiary/aromatic N) is 1. The summed E-state index contributed by atoms with van der Waals surface area (Å²) in [5.74, 6) is -2.23. The molecule has 0 saturated carbocycles. The van der Waals surface area contributed by atoms with E-state index in [2.05, 4.69) is 0 Å². The first-order chi connectivity index (χ1) is 12.0. The highest BCUT2D eigenvalue weighted by atomic mass is 19.1. The summed E-state index contributed by atoms with van der Waals surface area (Å²) in [6.07, 6.45) is 5.87. The van der Waals surface area contributed by atoms with E-state index in [4.69, 9.17) is 7.98 Å². The Kier molecular flexibility index (Phi) is 7.37. The SMILES string of the molecule is [B]N1CCC(CCCCc2cc(F)c(C(=O)NNC=O)c(F)c2)CC1. The quantitative estimate of drug-likeness (QED) is 0.326. The Labute approximate surface area is 147 Å². The molecule has 1 fully saturated rings. The van der Waals surface area contributed by atoms with Crippen LogP contribution < -0.4 is 10.9 Å². The molecule has 0 aromatic heterocycles. The number of carbonyl (C=O) groups excluding carboxylic acids is 2. The minimum absolute atomic E-state index is 0.208. The van der Waals surface area contributed by atoms with E-state index in [1.165, 1.54) is 12.1 Å². The van der Waals surface area contributed by atoms with E-state index in [9.17, 15) is 18.4 Å². The third-order valence-corrected chi connectivity index (χ3v) is 4.55. The van der Waals surface area contributed by atoms with Gasteiger partial charge in [-0.1, -0.05) is 12.8 Å². The molecule has 134 valence electrons. The van der Waals surface area contributed by atoms with Crippen LogP contribution in [0.4, 0.5) is 8.78 Å². The van der Waals surface area contributed by atoms with E-state index in [0.717, 1.165) is 45.2 Å². The summed E-state index contributed by atoms with van der Waals surface area (Å²) in [6, 6.07) is 2.34. The first-order valence-electron chi connectivity index (χ1n) is 8.48. The van der Waals surface area contributed by atoms with Gasteiger partial charge in [-0.05, 0) is 62.4 Å². The molecule has 1 aliphatic heterocycles. The topological polar surface area (TPSA) is 61.4 Å². The average molecular weight is 349 g/mol. The second-order valence-corrected chi connectivity index (χ2v) is 6.38. The Hall–Kier alpha value is -1.96. The predicted molar refractivity (Wildman–Crippen MR) is 90.6 cm³/mol. The van der Waals surface area contributed by atoms with Gasteiger partial charge in [-0.15, -0.1) is 0 Å². The van der Waals surface area contributed by atoms with E-state index in [1.54, 1.807) is 0 Å². The van der Waals surface area contributed by atoms with Crippen LogP contribution in [-0.4, -0.2) is 38.2 Å². The second-order valence-electron chi connectivity index (χ2n) is 6.38. The molecule has 25 heavy (non-hydrogen) atoms. The maximum Gasteiger partial charge on any atom is 0.275 e. The molecule has 0 aliphatic carbocycles. The van der Waals surface area contributed by atoms with Crippen molar-refractivity contribution in [2.45, 2.75) is 38.5 Å². The Bertz CT molecular complexity index is 585. The van der Waals surface area contributed by atoms with Gasteiger partial charge in [-0.25, -0.2) is 8.78 Å². The first kappa shape index (κ1) is 19.4. The number of benzene rings is 1. The van der Waals surface area contributed by atoms with E-state index >= 15 is 0 Å². The van der Waals surface area contributed by atoms with Gasteiger partial charge in [-0.3, -0.25) is 20.4 Å². The molecule has 1 aliphatic rings. The Morgan fingerprint density at radius 3 is 2.48 bits per heavy atom. The molecule has 2 radical (unpaired) electrons. The van der Waals surface area contributed by atoms with Gasteiger partial charge in [0, 0.05) is 0 Å². The monoisotopic (exact) mass is 349 g/mol. The molecule has 1 saturated heterocycles. The Morgan fingerprint density at radius 2 is 1.88 bits per heavy atom. The number of rotatable bonds is 8. The molecular weight excluding hydrogens is 327 g/mol. The highest BCUT2D eigenvalue weighted by molar-refractivity contribution is 6.04. The van der Waals surface area contributed by atoms with E-state index in [0.29, 0.717) is 17.9 Å². The zero-order valence-corrected chi connectivity index (χ0v) is 14.1. The van der Waals surface area contributed by atoms with Crippen LogP contribution in [0.3, 0.4) is 0 Å². The first-order valence-corrected chi connectivity index (χ1v) is 8.48. The number of unbranched alkanes of at least 4 members (excludes halogenated alkanes) is 1. The summed E-state index contributed by atoms with van der Waals surface area (Å²) in [6.45, 7) is 1.84. The number of piperidine rings is 1. The van der Waals surface area contributed by atoms with Crippen LogP contribution >= 0.6 is 0 Å². The lowest BCUT2D eigenvalue weighted by Gasteiger charge is -2.29. The normalized spacial score (nSPS) is 15.8. The number of carbonyl (C=O) groups is 2. The summed E-state index contributed by atoms with van der Waals surface area (Å²) in [4.78, 5) is 23.5. The average Bonchev–Trinajstić information content (AvgIpc) is 2.58. The molecule has 2 N–H and O–H groups in total. The van der Waals surface area contributed by atoms with Crippen LogP contribution in [0.1, 0.15) is 48.0 Å². The minimum Gasteiger partial charge on any atom is -0.353 e. The van der Waals surface area contributed by atoms with Crippen molar-refractivity contribution in [2.24, 2.45) is 5.92 Å². The third kappa shape index (κ3) is 5.81. The van der Waals surface area contributed by atoms with Crippen molar-refractivity contribution < 1.29 is 18.4 Å². The standard InChI is InChI=1S/C17H22BF2N3O2/c18-23-7-5-12(6-8-23)3-1-2-4-13-9-14(19)16(15(20)10-13)17(25)22-21-11-24/h9-12H,1-8H2,(H,21,24)(H,22,25). The zero-order valence-electron chi connectivity index (χ0n) is 14.1. The van der Waals surface area contributed by atoms with Crippen molar-refractivity contribution in [3.05, 3.63) is 34.9 Å². The fourth-order valence-electron chi connectivity index (χ4n) is 3.15. The molecule has 5 nitrogen and oxygen atoms in total. The fourth-order valence-corrected chi connectivity index (χ4v) is 3.15. The maximum atomic E-state index is 14.0. The minimum atomic E-state index is -1.03. The molecule has 0 spiro atoms. The number of nitrogens with one attached hydrogen (secondary N) is 2. The van der Waals surface area contributed by atoms with Crippen molar-refractivity contribution in [1.82, 2.24) is 15.7 Å².